The van der Waals surface area contributed by atoms with E-state index in [1.807, 2.05) is 60.7 Å². The van der Waals surface area contributed by atoms with Crippen LogP contribution in [0.5, 0.6) is 5.75 Å². The lowest BCUT2D eigenvalue weighted by molar-refractivity contribution is -0.0783. The largest absolute Gasteiger partial charge is 0.496 e. The van der Waals surface area contributed by atoms with Crippen LogP contribution in [0.3, 0.4) is 0 Å². The number of ether oxygens (including phenoxy) is 2. The summed E-state index contributed by atoms with van der Waals surface area (Å²) in [5, 5.41) is 0.935. The van der Waals surface area contributed by atoms with Gasteiger partial charge in [0.25, 0.3) is 0 Å². The van der Waals surface area contributed by atoms with E-state index in [2.05, 4.69) is 4.90 Å². The van der Waals surface area contributed by atoms with Crippen molar-refractivity contribution in [2.75, 3.05) is 20.2 Å². The van der Waals surface area contributed by atoms with Gasteiger partial charge >= 0.3 is 6.09 Å². The molecule has 34 heavy (non-hydrogen) atoms. The van der Waals surface area contributed by atoms with Gasteiger partial charge in [-0.25, -0.2) is 9.78 Å². The Morgan fingerprint density at radius 2 is 1.91 bits per heavy atom. The van der Waals surface area contributed by atoms with Gasteiger partial charge in [-0.3, -0.25) is 9.80 Å². The Kier molecular flexibility index (Phi) is 5.91. The summed E-state index contributed by atoms with van der Waals surface area (Å²) in [6.07, 6.45) is 4.84. The average molecular weight is 503 g/mol. The highest BCUT2D eigenvalue weighted by atomic mass is 35.5. The molecule has 6 rings (SSSR count). The second kappa shape index (κ2) is 8.63. The minimum Gasteiger partial charge on any atom is -0.496 e. The number of piperidine rings is 1. The molecule has 2 unspecified atom stereocenters. The molecule has 2 bridgehead atoms. The summed E-state index contributed by atoms with van der Waals surface area (Å²) in [6.45, 7) is 8.08. The van der Waals surface area contributed by atoms with Crippen LogP contribution in [0, 0.1) is 0 Å². The molecule has 180 valence electrons. The van der Waals surface area contributed by atoms with Gasteiger partial charge in [0, 0.05) is 37.6 Å². The fraction of sp³-hybridized carbons (Fsp3) is 0.440. The van der Waals surface area contributed by atoms with Crippen LogP contribution in [0.25, 0.3) is 16.8 Å². The monoisotopic (exact) mass is 502 g/mol. The Morgan fingerprint density at radius 3 is 2.59 bits per heavy atom. The molecule has 5 heterocycles. The topological polar surface area (TPSA) is 59.3 Å². The Balaban J connectivity index is 1.31. The van der Waals surface area contributed by atoms with E-state index in [1.165, 1.54) is 0 Å². The number of carbonyl (C=O) groups excluding carboxylic acids is 1. The number of amides is 1. The molecule has 1 amide bonds. The number of nitrogens with zero attached hydrogens (tertiary/aromatic N) is 4. The van der Waals surface area contributed by atoms with Crippen molar-refractivity contribution in [3.8, 4) is 16.9 Å². The average Bonchev–Trinajstić information content (AvgIpc) is 3.15. The minimum atomic E-state index is -0.477. The first-order valence-corrected chi connectivity index (χ1v) is 12.1. The van der Waals surface area contributed by atoms with Crippen LogP contribution in [-0.2, 0) is 11.3 Å². The van der Waals surface area contributed by atoms with Gasteiger partial charge in [-0.15, -0.1) is 0 Å². The second-order valence-electron chi connectivity index (χ2n) is 9.98. The van der Waals surface area contributed by atoms with Crippen LogP contribution < -0.4 is 4.74 Å². The molecule has 7 nitrogen and oxygen atoms in total. The molecule has 0 aliphatic carbocycles. The molecule has 3 fully saturated rings. The van der Waals surface area contributed by atoms with Gasteiger partial charge in [-0.2, -0.15) is 0 Å². The smallest absolute Gasteiger partial charge is 0.410 e. The SMILES string of the molecule is COc1ccc(Cl)c(Cl)c1-c1ccn2cc(CN3CC4CC(C3)N4C(=O)OC(C)(C)C)nc2c1. The van der Waals surface area contributed by atoms with Crippen LogP contribution in [0.4, 0.5) is 4.79 Å². The third-order valence-corrected chi connectivity index (χ3v) is 7.14. The molecule has 3 saturated heterocycles. The Hall–Kier alpha value is -2.48. The molecule has 1 aromatic carbocycles. The highest BCUT2D eigenvalue weighted by Gasteiger charge is 2.48. The van der Waals surface area contributed by atoms with Crippen molar-refractivity contribution in [1.82, 2.24) is 19.2 Å². The summed E-state index contributed by atoms with van der Waals surface area (Å²) in [5.74, 6) is 0.660. The first-order chi connectivity index (χ1) is 16.1. The number of aromatic nitrogens is 2. The van der Waals surface area contributed by atoms with Crippen molar-refractivity contribution < 1.29 is 14.3 Å². The fourth-order valence-electron chi connectivity index (χ4n) is 4.91. The Bertz CT molecular complexity index is 1240. The number of fused-ring (bicyclic) bond motifs is 3. The van der Waals surface area contributed by atoms with Crippen LogP contribution in [0.15, 0.2) is 36.7 Å². The maximum Gasteiger partial charge on any atom is 0.410 e. The molecular weight excluding hydrogens is 475 g/mol. The quantitative estimate of drug-likeness (QED) is 0.470. The third kappa shape index (κ3) is 4.32. The first-order valence-electron chi connectivity index (χ1n) is 11.4. The number of carbonyl (C=O) groups is 1. The molecule has 3 aliphatic heterocycles. The molecule has 3 aliphatic rings. The maximum atomic E-state index is 12.5. The van der Waals surface area contributed by atoms with E-state index in [4.69, 9.17) is 37.7 Å². The van der Waals surface area contributed by atoms with E-state index >= 15 is 0 Å². The lowest BCUT2D eigenvalue weighted by atomic mass is 9.88. The normalized spacial score (nSPS) is 20.4. The zero-order valence-electron chi connectivity index (χ0n) is 19.7. The second-order valence-corrected chi connectivity index (χ2v) is 10.8. The van der Waals surface area contributed by atoms with E-state index < -0.39 is 5.60 Å². The zero-order chi connectivity index (χ0) is 24.2. The van der Waals surface area contributed by atoms with Crippen molar-refractivity contribution >= 4 is 34.9 Å². The number of methoxy groups -OCH3 is 1. The number of hydrogen-bond donors (Lipinski definition) is 0. The zero-order valence-corrected chi connectivity index (χ0v) is 21.2. The van der Waals surface area contributed by atoms with Crippen LogP contribution >= 0.6 is 23.2 Å². The van der Waals surface area contributed by atoms with Gasteiger partial charge in [0.15, 0.2) is 0 Å². The summed E-state index contributed by atoms with van der Waals surface area (Å²) in [4.78, 5) is 21.6. The number of benzene rings is 1. The third-order valence-electron chi connectivity index (χ3n) is 6.33. The lowest BCUT2D eigenvalue weighted by Gasteiger charge is -2.55. The minimum absolute atomic E-state index is 0.203. The van der Waals surface area contributed by atoms with Crippen molar-refractivity contribution in [1.29, 1.82) is 0 Å². The number of piperazine rings is 1. The summed E-state index contributed by atoms with van der Waals surface area (Å²) < 4.78 is 13.1. The maximum absolute atomic E-state index is 12.5. The van der Waals surface area contributed by atoms with E-state index in [9.17, 15) is 4.79 Å². The van der Waals surface area contributed by atoms with Crippen molar-refractivity contribution in [3.63, 3.8) is 0 Å². The number of pyridine rings is 1. The lowest BCUT2D eigenvalue weighted by Crippen LogP contribution is -2.70. The Labute approximate surface area is 209 Å². The van der Waals surface area contributed by atoms with E-state index in [0.717, 1.165) is 48.5 Å². The molecule has 0 saturated carbocycles. The van der Waals surface area contributed by atoms with Crippen molar-refractivity contribution in [2.45, 2.75) is 51.4 Å². The molecule has 3 aromatic rings. The molecular formula is C25H28Cl2N4O3. The highest BCUT2D eigenvalue weighted by molar-refractivity contribution is 6.44. The number of rotatable bonds is 4. The van der Waals surface area contributed by atoms with Gasteiger partial charge in [-0.05, 0) is 57.0 Å². The predicted molar refractivity (Wildman–Crippen MR) is 133 cm³/mol. The van der Waals surface area contributed by atoms with E-state index in [0.29, 0.717) is 15.8 Å². The van der Waals surface area contributed by atoms with Crippen LogP contribution in [0.1, 0.15) is 32.9 Å². The van der Waals surface area contributed by atoms with Gasteiger partial charge in [0.05, 0.1) is 34.9 Å². The summed E-state index contributed by atoms with van der Waals surface area (Å²) >= 11 is 12.8. The molecule has 0 spiro atoms. The summed E-state index contributed by atoms with van der Waals surface area (Å²) in [5.41, 5.74) is 2.97. The molecule has 2 aromatic heterocycles. The molecule has 0 radical (unpaired) electrons. The van der Waals surface area contributed by atoms with E-state index in [-0.39, 0.29) is 18.2 Å². The molecule has 2 atom stereocenters. The van der Waals surface area contributed by atoms with Gasteiger partial charge in [-0.1, -0.05) is 23.2 Å². The molecule has 9 heteroatoms. The van der Waals surface area contributed by atoms with Gasteiger partial charge in [0.1, 0.15) is 17.0 Å². The van der Waals surface area contributed by atoms with Crippen molar-refractivity contribution in [2.24, 2.45) is 0 Å². The molecule has 0 N–H and O–H groups in total. The number of halogens is 2. The summed E-state index contributed by atoms with van der Waals surface area (Å²) in [7, 11) is 1.61. The number of imidazole rings is 1. The fourth-order valence-corrected chi connectivity index (χ4v) is 5.33. The Morgan fingerprint density at radius 1 is 1.18 bits per heavy atom. The number of hydrogen-bond acceptors (Lipinski definition) is 5. The van der Waals surface area contributed by atoms with Crippen molar-refractivity contribution in [3.05, 3.63) is 52.4 Å². The van der Waals surface area contributed by atoms with Gasteiger partial charge < -0.3 is 13.9 Å². The first kappa shape index (κ1) is 23.3. The van der Waals surface area contributed by atoms with Gasteiger partial charge in [0.2, 0.25) is 0 Å². The highest BCUT2D eigenvalue weighted by Crippen LogP contribution is 2.41. The standard InChI is InChI=1S/C25H28Cl2N4O3/c1-25(2,3)34-24(32)31-17-10-18(31)14-29(13-17)11-16-12-30-8-7-15(9-21(30)28-16)22-20(33-4)6-5-19(26)23(22)27/h5-9,12,17-18H,10-11,13-14H2,1-4H3. The van der Waals surface area contributed by atoms with Crippen LogP contribution in [0.2, 0.25) is 10.0 Å². The summed E-state index contributed by atoms with van der Waals surface area (Å²) in [6, 6.07) is 7.91. The predicted octanol–water partition coefficient (Wildman–Crippen LogP) is 5.51. The van der Waals surface area contributed by atoms with E-state index in [1.54, 1.807) is 13.2 Å². The van der Waals surface area contributed by atoms with Crippen LogP contribution in [-0.4, -0.2) is 63.2 Å².